The van der Waals surface area contributed by atoms with E-state index in [0.29, 0.717) is 13.0 Å². The molecule has 0 amide bonds. The zero-order valence-corrected chi connectivity index (χ0v) is 17.2. The summed E-state index contributed by atoms with van der Waals surface area (Å²) in [4.78, 5) is 15.6. The van der Waals surface area contributed by atoms with Gasteiger partial charge in [0.05, 0.1) is 12.8 Å². The second-order valence-electron chi connectivity index (χ2n) is 8.87. The highest BCUT2D eigenvalue weighted by atomic mass is 16.5. The Morgan fingerprint density at radius 1 is 0.931 bits per heavy atom. The summed E-state index contributed by atoms with van der Waals surface area (Å²) >= 11 is 0. The van der Waals surface area contributed by atoms with Crippen LogP contribution in [0.2, 0.25) is 0 Å². The summed E-state index contributed by atoms with van der Waals surface area (Å²) < 4.78 is 5.32. The van der Waals surface area contributed by atoms with E-state index in [4.69, 9.17) is 4.74 Å². The van der Waals surface area contributed by atoms with Crippen molar-refractivity contribution >= 4 is 27.8 Å². The van der Waals surface area contributed by atoms with Crippen LogP contribution in [0.3, 0.4) is 0 Å². The summed E-state index contributed by atoms with van der Waals surface area (Å²) in [6.45, 7) is 5.11. The number of carbonyl (C=O) groups excluding carboxylic acids is 1. The van der Waals surface area contributed by atoms with E-state index in [0.717, 1.165) is 23.6 Å². The van der Waals surface area contributed by atoms with Crippen molar-refractivity contribution in [1.29, 1.82) is 0 Å². The fourth-order valence-electron chi connectivity index (χ4n) is 4.87. The topological polar surface area (TPSA) is 29.5 Å². The molecule has 0 unspecified atom stereocenters. The number of carbonyl (C=O) groups is 1. The first-order valence-electron chi connectivity index (χ1n) is 10.2. The van der Waals surface area contributed by atoms with Crippen LogP contribution in [0.5, 0.6) is 5.75 Å². The van der Waals surface area contributed by atoms with E-state index in [9.17, 15) is 4.79 Å². The summed E-state index contributed by atoms with van der Waals surface area (Å²) in [7, 11) is 1.67. The van der Waals surface area contributed by atoms with Gasteiger partial charge in [0.1, 0.15) is 5.75 Å². The molecule has 5 rings (SSSR count). The molecule has 3 heteroatoms. The van der Waals surface area contributed by atoms with Gasteiger partial charge < -0.3 is 9.64 Å². The number of hydrogen-bond donors (Lipinski definition) is 0. The van der Waals surface area contributed by atoms with Gasteiger partial charge in [-0.3, -0.25) is 4.79 Å². The first-order valence-corrected chi connectivity index (χ1v) is 10.2. The molecule has 3 aromatic carbocycles. The zero-order chi connectivity index (χ0) is 20.2. The van der Waals surface area contributed by atoms with Gasteiger partial charge in [-0.2, -0.15) is 0 Å². The Bertz CT molecular complexity index is 1160. The molecule has 146 valence electrons. The van der Waals surface area contributed by atoms with Crippen LogP contribution in [-0.2, 0) is 11.3 Å². The molecule has 0 saturated heterocycles. The minimum atomic E-state index is -0.0347. The van der Waals surface area contributed by atoms with Gasteiger partial charge in [0, 0.05) is 18.7 Å². The van der Waals surface area contributed by atoms with Crippen LogP contribution in [-0.4, -0.2) is 12.9 Å². The lowest BCUT2D eigenvalue weighted by Gasteiger charge is -2.41. The van der Waals surface area contributed by atoms with Crippen molar-refractivity contribution < 1.29 is 9.53 Å². The minimum absolute atomic E-state index is 0.0347. The summed E-state index contributed by atoms with van der Waals surface area (Å²) in [5.74, 6) is 1.06. The third kappa shape index (κ3) is 2.93. The summed E-state index contributed by atoms with van der Waals surface area (Å²) in [6, 6.07) is 20.9. The first kappa shape index (κ1) is 18.0. The van der Waals surface area contributed by atoms with Crippen molar-refractivity contribution in [2.24, 2.45) is 5.41 Å². The van der Waals surface area contributed by atoms with E-state index in [2.05, 4.69) is 55.1 Å². The highest BCUT2D eigenvalue weighted by Gasteiger charge is 2.39. The molecule has 1 aliphatic heterocycles. The third-order valence-corrected chi connectivity index (χ3v) is 6.14. The van der Waals surface area contributed by atoms with Crippen molar-refractivity contribution in [3.8, 4) is 5.75 Å². The van der Waals surface area contributed by atoms with Gasteiger partial charge in [-0.15, -0.1) is 0 Å². The van der Waals surface area contributed by atoms with Gasteiger partial charge in [0.25, 0.3) is 0 Å². The van der Waals surface area contributed by atoms with Gasteiger partial charge in [-0.1, -0.05) is 50.2 Å². The van der Waals surface area contributed by atoms with Crippen LogP contribution >= 0.6 is 0 Å². The van der Waals surface area contributed by atoms with E-state index in [1.807, 2.05) is 24.3 Å². The Morgan fingerprint density at radius 2 is 1.69 bits per heavy atom. The van der Waals surface area contributed by atoms with E-state index < -0.39 is 0 Å². The lowest BCUT2D eigenvalue weighted by atomic mass is 9.71. The van der Waals surface area contributed by atoms with E-state index in [1.165, 1.54) is 27.5 Å². The van der Waals surface area contributed by atoms with Gasteiger partial charge in [-0.25, -0.2) is 0 Å². The van der Waals surface area contributed by atoms with Crippen LogP contribution in [0.1, 0.15) is 37.8 Å². The fourth-order valence-corrected chi connectivity index (χ4v) is 4.87. The molecule has 0 fully saturated rings. The number of Topliss-reactive ketones (excluding diaryl/α,β-unsaturated/α-hetero) is 1. The average molecular weight is 383 g/mol. The number of methoxy groups -OCH3 is 1. The molecule has 0 saturated carbocycles. The Kier molecular flexibility index (Phi) is 4.02. The quantitative estimate of drug-likeness (QED) is 0.546. The zero-order valence-electron chi connectivity index (χ0n) is 17.2. The predicted molar refractivity (Wildman–Crippen MR) is 118 cm³/mol. The molecule has 29 heavy (non-hydrogen) atoms. The molecule has 0 bridgehead atoms. The van der Waals surface area contributed by atoms with E-state index >= 15 is 0 Å². The molecule has 3 aromatic rings. The van der Waals surface area contributed by atoms with Crippen LogP contribution in [0.4, 0.5) is 5.69 Å². The second-order valence-corrected chi connectivity index (χ2v) is 8.87. The Hall–Kier alpha value is -3.07. The molecule has 0 radical (unpaired) electrons. The minimum Gasteiger partial charge on any atom is -0.497 e. The average Bonchev–Trinajstić information content (AvgIpc) is 2.72. The molecule has 0 spiro atoms. The molecule has 2 aliphatic rings. The summed E-state index contributed by atoms with van der Waals surface area (Å²) in [6.07, 6.45) is 1.49. The number of allylic oxidation sites excluding steroid dienone is 2. The van der Waals surface area contributed by atoms with Crippen molar-refractivity contribution in [2.75, 3.05) is 12.0 Å². The lowest BCUT2D eigenvalue weighted by molar-refractivity contribution is -0.117. The number of ketones is 1. The number of benzene rings is 3. The SMILES string of the molecule is COc1ccc(N2Cc3ccc4ccccc4c3C3=C2C(=O)CC(C)(C)C3)cc1. The van der Waals surface area contributed by atoms with Gasteiger partial charge in [0.15, 0.2) is 5.78 Å². The predicted octanol–water partition coefficient (Wildman–Crippen LogP) is 5.97. The number of ether oxygens (including phenoxy) is 1. The maximum atomic E-state index is 13.4. The molecule has 0 aromatic heterocycles. The molecule has 0 N–H and O–H groups in total. The number of nitrogens with zero attached hydrogens (tertiary/aromatic N) is 1. The summed E-state index contributed by atoms with van der Waals surface area (Å²) in [5.41, 5.74) is 5.61. The molecular formula is C26H25NO2. The molecule has 3 nitrogen and oxygen atoms in total. The van der Waals surface area contributed by atoms with Crippen LogP contribution in [0, 0.1) is 5.41 Å². The molecule has 0 atom stereocenters. The highest BCUT2D eigenvalue weighted by Crippen LogP contribution is 2.48. The monoisotopic (exact) mass is 383 g/mol. The van der Waals surface area contributed by atoms with Crippen molar-refractivity contribution in [3.63, 3.8) is 0 Å². The van der Waals surface area contributed by atoms with Crippen molar-refractivity contribution in [2.45, 2.75) is 33.2 Å². The van der Waals surface area contributed by atoms with Crippen LogP contribution < -0.4 is 9.64 Å². The van der Waals surface area contributed by atoms with Crippen molar-refractivity contribution in [3.05, 3.63) is 77.5 Å². The maximum Gasteiger partial charge on any atom is 0.180 e. The Balaban J connectivity index is 1.76. The number of rotatable bonds is 2. The number of fused-ring (bicyclic) bond motifs is 4. The molecular weight excluding hydrogens is 358 g/mol. The van der Waals surface area contributed by atoms with Gasteiger partial charge >= 0.3 is 0 Å². The summed E-state index contributed by atoms with van der Waals surface area (Å²) in [5, 5.41) is 2.48. The van der Waals surface area contributed by atoms with Gasteiger partial charge in [-0.05, 0) is 63.6 Å². The second kappa shape index (κ2) is 6.48. The Labute approximate surface area is 171 Å². The lowest BCUT2D eigenvalue weighted by Crippen LogP contribution is -2.38. The normalized spacial score (nSPS) is 17.9. The standard InChI is InChI=1S/C26H25NO2/c1-26(2)14-22-24-18(9-8-17-6-4-5-7-21(17)24)16-27(25(22)23(28)15-26)19-10-12-20(29-3)13-11-19/h4-13H,14-16H2,1-3H3. The first-order chi connectivity index (χ1) is 14.0. The van der Waals surface area contributed by atoms with Gasteiger partial charge in [0.2, 0.25) is 0 Å². The number of hydrogen-bond acceptors (Lipinski definition) is 3. The Morgan fingerprint density at radius 3 is 2.45 bits per heavy atom. The third-order valence-electron chi connectivity index (χ3n) is 6.14. The maximum absolute atomic E-state index is 13.4. The fraction of sp³-hybridized carbons (Fsp3) is 0.269. The van der Waals surface area contributed by atoms with Crippen molar-refractivity contribution in [1.82, 2.24) is 0 Å². The van der Waals surface area contributed by atoms with Crippen LogP contribution in [0.15, 0.2) is 66.4 Å². The molecule has 1 heterocycles. The highest BCUT2D eigenvalue weighted by molar-refractivity contribution is 6.11. The molecule has 1 aliphatic carbocycles. The van der Waals surface area contributed by atoms with Crippen LogP contribution in [0.25, 0.3) is 16.3 Å². The smallest absolute Gasteiger partial charge is 0.180 e. The largest absolute Gasteiger partial charge is 0.497 e. The van der Waals surface area contributed by atoms with E-state index in [1.54, 1.807) is 7.11 Å². The van der Waals surface area contributed by atoms with E-state index in [-0.39, 0.29) is 11.2 Å². The number of anilines is 1.